The lowest BCUT2D eigenvalue weighted by Gasteiger charge is -2.09. The Bertz CT molecular complexity index is 525. The highest BCUT2D eigenvalue weighted by molar-refractivity contribution is 4.98. The van der Waals surface area contributed by atoms with E-state index in [1.165, 1.54) is 12.8 Å². The number of imidazole rings is 1. The maximum absolute atomic E-state index is 4.42. The third-order valence-corrected chi connectivity index (χ3v) is 3.37. The zero-order chi connectivity index (χ0) is 13.1. The molecule has 0 radical (unpaired) electrons. The molecule has 2 aromatic heterocycles. The van der Waals surface area contributed by atoms with Gasteiger partial charge in [0.15, 0.2) is 0 Å². The first-order chi connectivity index (χ1) is 9.36. The molecule has 6 heteroatoms. The zero-order valence-corrected chi connectivity index (χ0v) is 11.3. The van der Waals surface area contributed by atoms with Crippen molar-refractivity contribution in [2.45, 2.75) is 51.9 Å². The molecule has 19 heavy (non-hydrogen) atoms. The van der Waals surface area contributed by atoms with Gasteiger partial charge in [0.05, 0.1) is 13.1 Å². The monoisotopic (exact) mass is 260 g/mol. The second kappa shape index (κ2) is 5.52. The zero-order valence-electron chi connectivity index (χ0n) is 11.3. The van der Waals surface area contributed by atoms with Crippen molar-refractivity contribution in [2.75, 3.05) is 0 Å². The van der Waals surface area contributed by atoms with Crippen LogP contribution in [0.3, 0.4) is 0 Å². The van der Waals surface area contributed by atoms with E-state index in [1.807, 2.05) is 17.1 Å². The second-order valence-corrected chi connectivity index (χ2v) is 5.03. The molecule has 1 saturated carbocycles. The molecule has 1 aliphatic carbocycles. The van der Waals surface area contributed by atoms with Crippen molar-refractivity contribution in [1.82, 2.24) is 29.6 Å². The van der Waals surface area contributed by atoms with Crippen LogP contribution < -0.4 is 5.32 Å². The topological polar surface area (TPSA) is 60.6 Å². The molecule has 0 spiro atoms. The van der Waals surface area contributed by atoms with Crippen molar-refractivity contribution in [3.8, 4) is 0 Å². The Balaban J connectivity index is 1.67. The van der Waals surface area contributed by atoms with Gasteiger partial charge >= 0.3 is 0 Å². The van der Waals surface area contributed by atoms with Gasteiger partial charge in [0, 0.05) is 25.0 Å². The minimum absolute atomic E-state index is 0.703. The average molecular weight is 260 g/mol. The summed E-state index contributed by atoms with van der Waals surface area (Å²) in [5.74, 6) is 2.06. The quantitative estimate of drug-likeness (QED) is 0.812. The third kappa shape index (κ3) is 3.01. The summed E-state index contributed by atoms with van der Waals surface area (Å²) in [4.78, 5) is 8.76. The molecule has 0 unspecified atom stereocenters. The molecule has 2 aromatic rings. The fraction of sp³-hybridized carbons (Fsp3) is 0.615. The summed E-state index contributed by atoms with van der Waals surface area (Å²) in [5.41, 5.74) is 0. The van der Waals surface area contributed by atoms with Crippen molar-refractivity contribution in [3.05, 3.63) is 30.4 Å². The van der Waals surface area contributed by atoms with E-state index >= 15 is 0 Å². The molecule has 0 bridgehead atoms. The lowest BCUT2D eigenvalue weighted by molar-refractivity contribution is 0.541. The van der Waals surface area contributed by atoms with E-state index in [1.54, 1.807) is 6.33 Å². The smallest absolute Gasteiger partial charge is 0.146 e. The van der Waals surface area contributed by atoms with Crippen LogP contribution >= 0.6 is 0 Å². The molecule has 6 nitrogen and oxygen atoms in total. The van der Waals surface area contributed by atoms with Crippen LogP contribution in [0.2, 0.25) is 0 Å². The molecule has 0 amide bonds. The molecule has 1 fully saturated rings. The number of aryl methyl sites for hydroxylation is 1. The minimum Gasteiger partial charge on any atom is -0.326 e. The fourth-order valence-electron chi connectivity index (χ4n) is 2.14. The predicted molar refractivity (Wildman–Crippen MR) is 71.5 cm³/mol. The lowest BCUT2D eigenvalue weighted by atomic mass is 10.4. The summed E-state index contributed by atoms with van der Waals surface area (Å²) < 4.78 is 4.11. The van der Waals surface area contributed by atoms with E-state index in [-0.39, 0.29) is 0 Å². The summed E-state index contributed by atoms with van der Waals surface area (Å²) in [6, 6.07) is 0.703. The standard InChI is InChI=1S/C13H20N6/c1-2-6-19-13(16-10-17-19)9-18-7-5-14-12(18)8-15-11-3-4-11/h5,7,10-11,15H,2-4,6,8-9H2,1H3. The summed E-state index contributed by atoms with van der Waals surface area (Å²) in [6.07, 6.45) is 9.15. The molecule has 0 saturated heterocycles. The van der Waals surface area contributed by atoms with Gasteiger partial charge in [-0.15, -0.1) is 0 Å². The van der Waals surface area contributed by atoms with Gasteiger partial charge in [0.2, 0.25) is 0 Å². The molecule has 0 aliphatic heterocycles. The minimum atomic E-state index is 0.703. The largest absolute Gasteiger partial charge is 0.326 e. The first-order valence-corrected chi connectivity index (χ1v) is 6.97. The van der Waals surface area contributed by atoms with Gasteiger partial charge < -0.3 is 9.88 Å². The third-order valence-electron chi connectivity index (χ3n) is 3.37. The molecule has 3 rings (SSSR count). The number of nitrogens with one attached hydrogen (secondary N) is 1. The van der Waals surface area contributed by atoms with E-state index in [2.05, 4.69) is 31.9 Å². The van der Waals surface area contributed by atoms with Crippen LogP contribution in [-0.2, 0) is 19.6 Å². The molecule has 2 heterocycles. The van der Waals surface area contributed by atoms with Gasteiger partial charge in [-0.1, -0.05) is 6.92 Å². The molecule has 1 N–H and O–H groups in total. The number of hydrogen-bond donors (Lipinski definition) is 1. The number of nitrogens with zero attached hydrogens (tertiary/aromatic N) is 5. The fourth-order valence-corrected chi connectivity index (χ4v) is 2.14. The number of hydrogen-bond acceptors (Lipinski definition) is 4. The molecule has 0 aromatic carbocycles. The maximum atomic E-state index is 4.42. The van der Waals surface area contributed by atoms with E-state index in [0.29, 0.717) is 6.04 Å². The van der Waals surface area contributed by atoms with Crippen molar-refractivity contribution in [3.63, 3.8) is 0 Å². The highest BCUT2D eigenvalue weighted by Crippen LogP contribution is 2.19. The van der Waals surface area contributed by atoms with Gasteiger partial charge in [0.1, 0.15) is 18.0 Å². The van der Waals surface area contributed by atoms with Gasteiger partial charge in [-0.25, -0.2) is 14.6 Å². The lowest BCUT2D eigenvalue weighted by Crippen LogP contribution is -2.20. The van der Waals surface area contributed by atoms with E-state index in [0.717, 1.165) is 37.7 Å². The van der Waals surface area contributed by atoms with Crippen LogP contribution in [0.4, 0.5) is 0 Å². The Labute approximate surface area is 112 Å². The van der Waals surface area contributed by atoms with Gasteiger partial charge in [-0.3, -0.25) is 0 Å². The van der Waals surface area contributed by atoms with Crippen LogP contribution in [0.25, 0.3) is 0 Å². The molecular formula is C13H20N6. The summed E-state index contributed by atoms with van der Waals surface area (Å²) in [5, 5.41) is 7.75. The summed E-state index contributed by atoms with van der Waals surface area (Å²) in [6.45, 7) is 4.63. The Morgan fingerprint density at radius 3 is 3.00 bits per heavy atom. The molecule has 1 aliphatic rings. The Morgan fingerprint density at radius 1 is 1.32 bits per heavy atom. The van der Waals surface area contributed by atoms with Gasteiger partial charge in [-0.05, 0) is 19.3 Å². The van der Waals surface area contributed by atoms with Gasteiger partial charge in [0.25, 0.3) is 0 Å². The van der Waals surface area contributed by atoms with Gasteiger partial charge in [-0.2, -0.15) is 5.10 Å². The SMILES string of the molecule is CCCn1ncnc1Cn1ccnc1CNC1CC1. The van der Waals surface area contributed by atoms with Crippen molar-refractivity contribution < 1.29 is 0 Å². The van der Waals surface area contributed by atoms with Crippen LogP contribution in [0, 0.1) is 0 Å². The van der Waals surface area contributed by atoms with Crippen LogP contribution in [0.15, 0.2) is 18.7 Å². The van der Waals surface area contributed by atoms with Crippen LogP contribution in [0.1, 0.15) is 37.8 Å². The Kier molecular flexibility index (Phi) is 3.59. The second-order valence-electron chi connectivity index (χ2n) is 5.03. The van der Waals surface area contributed by atoms with Crippen molar-refractivity contribution in [1.29, 1.82) is 0 Å². The van der Waals surface area contributed by atoms with Crippen LogP contribution in [-0.4, -0.2) is 30.4 Å². The highest BCUT2D eigenvalue weighted by Gasteiger charge is 2.20. The normalized spacial score (nSPS) is 15.0. The van der Waals surface area contributed by atoms with Crippen LogP contribution in [0.5, 0.6) is 0 Å². The number of rotatable bonds is 7. The first kappa shape index (κ1) is 12.3. The number of aromatic nitrogens is 5. The van der Waals surface area contributed by atoms with Crippen molar-refractivity contribution >= 4 is 0 Å². The Morgan fingerprint density at radius 2 is 2.21 bits per heavy atom. The van der Waals surface area contributed by atoms with E-state index < -0.39 is 0 Å². The maximum Gasteiger partial charge on any atom is 0.146 e. The first-order valence-electron chi connectivity index (χ1n) is 6.97. The highest BCUT2D eigenvalue weighted by atomic mass is 15.3. The van der Waals surface area contributed by atoms with Crippen molar-refractivity contribution in [2.24, 2.45) is 0 Å². The summed E-state index contributed by atoms with van der Waals surface area (Å²) in [7, 11) is 0. The molecule has 0 atom stereocenters. The van der Waals surface area contributed by atoms with E-state index in [4.69, 9.17) is 0 Å². The summed E-state index contributed by atoms with van der Waals surface area (Å²) >= 11 is 0. The molecular weight excluding hydrogens is 240 g/mol. The average Bonchev–Trinajstić information content (AvgIpc) is 2.98. The Hall–Kier alpha value is -1.69. The predicted octanol–water partition coefficient (Wildman–Crippen LogP) is 1.18. The molecule has 102 valence electrons. The van der Waals surface area contributed by atoms with E-state index in [9.17, 15) is 0 Å².